The number of aliphatic hydroxyl groups excluding tert-OH is 2. The third-order valence-electron chi connectivity index (χ3n) is 4.90. The van der Waals surface area contributed by atoms with Crippen LogP contribution in [0.2, 0.25) is 0 Å². The number of H-pyrrole nitrogens is 1. The van der Waals surface area contributed by atoms with Gasteiger partial charge in [0.1, 0.15) is 35.7 Å². The van der Waals surface area contributed by atoms with Crippen molar-refractivity contribution in [2.75, 3.05) is 30.0 Å². The second kappa shape index (κ2) is 7.13. The Morgan fingerprint density at radius 1 is 1.32 bits per heavy atom. The van der Waals surface area contributed by atoms with Gasteiger partial charge in [0.05, 0.1) is 6.61 Å². The van der Waals surface area contributed by atoms with Crippen molar-refractivity contribution in [1.82, 2.24) is 9.97 Å². The van der Waals surface area contributed by atoms with Crippen molar-refractivity contribution in [3.05, 3.63) is 10.4 Å². The number of nitrogens with one attached hydrogen (secondary N) is 3. The molecule has 0 spiro atoms. The quantitative estimate of drug-likeness (QED) is 0.300. The minimum absolute atomic E-state index is 0.0248. The summed E-state index contributed by atoms with van der Waals surface area (Å²) in [6.45, 7) is 4.21. The number of aromatic nitrogens is 2. The van der Waals surface area contributed by atoms with Gasteiger partial charge in [-0.25, -0.2) is 0 Å². The van der Waals surface area contributed by atoms with Crippen molar-refractivity contribution in [2.24, 2.45) is 0 Å². The van der Waals surface area contributed by atoms with E-state index >= 15 is 0 Å². The lowest BCUT2D eigenvalue weighted by Crippen LogP contribution is -2.56. The van der Waals surface area contributed by atoms with E-state index in [2.05, 4.69) is 20.6 Å². The summed E-state index contributed by atoms with van der Waals surface area (Å²) in [6.07, 6.45) is -5.53. The molecule has 0 bridgehead atoms. The zero-order valence-corrected chi connectivity index (χ0v) is 16.1. The molecule has 0 amide bonds. The first-order valence-corrected chi connectivity index (χ1v) is 8.86. The number of nitrogens with zero attached hydrogens (tertiary/aromatic N) is 1. The van der Waals surface area contributed by atoms with E-state index in [1.54, 1.807) is 13.8 Å². The summed E-state index contributed by atoms with van der Waals surface area (Å²) < 4.78 is 17.3. The molecule has 3 unspecified atom stereocenters. The summed E-state index contributed by atoms with van der Waals surface area (Å²) >= 11 is 0. The van der Waals surface area contributed by atoms with Gasteiger partial charge in [-0.05, 0) is 20.8 Å². The lowest BCUT2D eigenvalue weighted by Gasteiger charge is -2.37. The highest BCUT2D eigenvalue weighted by Crippen LogP contribution is 2.41. The molecule has 2 aliphatic heterocycles. The van der Waals surface area contributed by atoms with Crippen LogP contribution in [0.5, 0.6) is 0 Å². The number of fused-ring (bicyclic) bond motifs is 1. The van der Waals surface area contributed by atoms with Gasteiger partial charge in [-0.15, -0.1) is 0 Å². The maximum atomic E-state index is 12.1. The third-order valence-corrected chi connectivity index (χ3v) is 4.90. The van der Waals surface area contributed by atoms with Gasteiger partial charge in [0.25, 0.3) is 5.56 Å². The molecule has 0 aliphatic carbocycles. The van der Waals surface area contributed by atoms with Crippen LogP contribution in [0.4, 0.5) is 17.5 Å². The van der Waals surface area contributed by atoms with E-state index in [0.717, 1.165) is 0 Å². The van der Waals surface area contributed by atoms with Gasteiger partial charge in [-0.2, -0.15) is 4.98 Å². The zero-order chi connectivity index (χ0) is 20.9. The molecule has 6 atom stereocenters. The predicted molar refractivity (Wildman–Crippen MR) is 98.6 cm³/mol. The van der Waals surface area contributed by atoms with Crippen LogP contribution in [0.15, 0.2) is 4.79 Å². The number of ether oxygens (including phenoxy) is 3. The van der Waals surface area contributed by atoms with Gasteiger partial charge in [-0.1, -0.05) is 0 Å². The molecular formula is C16H27N5O7. The van der Waals surface area contributed by atoms with Crippen molar-refractivity contribution < 1.29 is 29.5 Å². The Morgan fingerprint density at radius 3 is 2.61 bits per heavy atom. The molecule has 28 heavy (non-hydrogen) atoms. The van der Waals surface area contributed by atoms with Gasteiger partial charge in [0, 0.05) is 7.05 Å². The first-order valence-electron chi connectivity index (χ1n) is 8.86. The molecule has 3 heterocycles. The zero-order valence-electron chi connectivity index (χ0n) is 16.1. The number of anilines is 3. The van der Waals surface area contributed by atoms with E-state index in [-0.39, 0.29) is 17.5 Å². The lowest BCUT2D eigenvalue weighted by atomic mass is 9.90. The maximum Gasteiger partial charge on any atom is 0.277 e. The van der Waals surface area contributed by atoms with E-state index in [9.17, 15) is 20.1 Å². The van der Waals surface area contributed by atoms with E-state index in [1.165, 1.54) is 14.0 Å². The van der Waals surface area contributed by atoms with Gasteiger partial charge in [0.15, 0.2) is 17.8 Å². The summed E-state index contributed by atoms with van der Waals surface area (Å²) in [7, 11) is 1.52. The molecule has 1 aromatic rings. The number of nitrogens with two attached hydrogens (primary N) is 1. The highest BCUT2D eigenvalue weighted by molar-refractivity contribution is 5.64. The predicted octanol–water partition coefficient (Wildman–Crippen LogP) is -1.85. The number of aromatic amines is 1. The topological polar surface area (TPSA) is 184 Å². The number of hydrogen-bond acceptors (Lipinski definition) is 11. The highest BCUT2D eigenvalue weighted by atomic mass is 16.8. The molecule has 8 N–H and O–H groups in total. The monoisotopic (exact) mass is 401 g/mol. The molecule has 2 fully saturated rings. The van der Waals surface area contributed by atoms with Crippen LogP contribution in [0, 0.1) is 0 Å². The fourth-order valence-corrected chi connectivity index (χ4v) is 3.53. The Morgan fingerprint density at radius 2 is 2.00 bits per heavy atom. The van der Waals surface area contributed by atoms with Crippen LogP contribution in [0.3, 0.4) is 0 Å². The van der Waals surface area contributed by atoms with E-state index in [0.29, 0.717) is 0 Å². The Hall–Kier alpha value is -1.96. The first kappa shape index (κ1) is 20.8. The van der Waals surface area contributed by atoms with E-state index < -0.39 is 54.2 Å². The number of hydrogen-bond donors (Lipinski definition) is 7. The average molecular weight is 401 g/mol. The molecule has 12 heteroatoms. The number of aliphatic hydroxyl groups is 3. The van der Waals surface area contributed by atoms with Gasteiger partial charge in [-0.3, -0.25) is 9.78 Å². The van der Waals surface area contributed by atoms with Crippen LogP contribution >= 0.6 is 0 Å². The summed E-state index contributed by atoms with van der Waals surface area (Å²) in [5.74, 6) is -1.18. The molecular weight excluding hydrogens is 374 g/mol. The van der Waals surface area contributed by atoms with Gasteiger partial charge in [0.2, 0.25) is 5.95 Å². The fraction of sp³-hybridized carbons (Fsp3) is 0.750. The van der Waals surface area contributed by atoms with Crippen molar-refractivity contribution in [1.29, 1.82) is 0 Å². The summed E-state index contributed by atoms with van der Waals surface area (Å²) in [5, 5.41) is 37.1. The second-order valence-corrected chi connectivity index (χ2v) is 7.54. The van der Waals surface area contributed by atoms with Crippen LogP contribution < -0.4 is 21.9 Å². The second-order valence-electron chi connectivity index (χ2n) is 7.54. The van der Waals surface area contributed by atoms with Gasteiger partial charge >= 0.3 is 0 Å². The molecule has 0 aromatic carbocycles. The molecule has 0 radical (unpaired) electrons. The minimum Gasteiger partial charge on any atom is -0.394 e. The number of nitrogen functional groups attached to an aromatic ring is 1. The summed E-state index contributed by atoms with van der Waals surface area (Å²) in [5.41, 5.74) is 3.42. The smallest absolute Gasteiger partial charge is 0.277 e. The molecule has 1 aromatic heterocycles. The summed E-state index contributed by atoms with van der Waals surface area (Å²) in [6, 6.07) is 0. The maximum absolute atomic E-state index is 12.1. The van der Waals surface area contributed by atoms with E-state index in [1.807, 2.05) is 0 Å². The first-order chi connectivity index (χ1) is 13.0. The average Bonchev–Trinajstić information content (AvgIpc) is 2.91. The Kier molecular flexibility index (Phi) is 5.29. The molecule has 2 aliphatic rings. The highest BCUT2D eigenvalue weighted by Gasteiger charge is 2.60. The Balaban J connectivity index is 2.02. The van der Waals surface area contributed by atoms with Crippen molar-refractivity contribution in [3.8, 4) is 0 Å². The largest absolute Gasteiger partial charge is 0.394 e. The minimum atomic E-state index is -1.74. The SMILES string of the molecule is CNc1c(N[C@@H]2OC(CO)[C@@H](O)C3OC(C)(C)OC3[C@@]2(C)O)nc(N)[nH]c1=O. The third kappa shape index (κ3) is 3.54. The van der Waals surface area contributed by atoms with Crippen LogP contribution in [-0.2, 0) is 14.2 Å². The summed E-state index contributed by atoms with van der Waals surface area (Å²) in [4.78, 5) is 18.5. The molecule has 3 rings (SSSR count). The normalized spacial score (nSPS) is 37.2. The van der Waals surface area contributed by atoms with Crippen LogP contribution in [0.25, 0.3) is 0 Å². The number of rotatable bonds is 4. The van der Waals surface area contributed by atoms with Crippen LogP contribution in [0.1, 0.15) is 20.8 Å². The Bertz CT molecular complexity index is 783. The fourth-order valence-electron chi connectivity index (χ4n) is 3.53. The molecule has 12 nitrogen and oxygen atoms in total. The van der Waals surface area contributed by atoms with Crippen molar-refractivity contribution in [3.63, 3.8) is 0 Å². The van der Waals surface area contributed by atoms with Crippen molar-refractivity contribution >= 4 is 17.5 Å². The van der Waals surface area contributed by atoms with Crippen LogP contribution in [-0.4, -0.2) is 81.0 Å². The lowest BCUT2D eigenvalue weighted by molar-refractivity contribution is -0.210. The van der Waals surface area contributed by atoms with Gasteiger partial charge < -0.3 is 45.9 Å². The molecule has 0 saturated carbocycles. The Labute approximate surface area is 161 Å². The van der Waals surface area contributed by atoms with E-state index in [4.69, 9.17) is 19.9 Å². The molecule has 2 saturated heterocycles. The molecule has 158 valence electrons. The van der Waals surface area contributed by atoms with Crippen molar-refractivity contribution in [2.45, 2.75) is 62.8 Å². The standard InChI is InChI=1S/C16H27N5O7/c1-15(2)27-9-8(23)6(5-22)26-13(16(3,25)10(9)28-15)19-11-7(18-4)12(24)21-14(17)20-11/h6,8-10,13,18,22-23,25H,5H2,1-4H3,(H4,17,19,20,21,24)/t6?,8-,9?,10?,13-,16-/m1/s1.